The Labute approximate surface area is 159 Å². The molecule has 0 amide bonds. The zero-order valence-electron chi connectivity index (χ0n) is 13.9. The smallest absolute Gasteiger partial charge is 0.292 e. The number of quaternary nitrogens is 1. The molecule has 0 radical (unpaired) electrons. The van der Waals surface area contributed by atoms with E-state index in [0.717, 1.165) is 17.0 Å². The molecule has 1 aromatic heterocycles. The average molecular weight is 392 g/mol. The van der Waals surface area contributed by atoms with Crippen molar-refractivity contribution in [3.05, 3.63) is 74.1 Å². The monoisotopic (exact) mass is 391 g/mol. The number of non-ortho nitro benzene ring substituents is 1. The molecule has 2 aromatic carbocycles. The molecule has 0 aliphatic rings. The Morgan fingerprint density at radius 1 is 1.31 bits per heavy atom. The van der Waals surface area contributed by atoms with Crippen molar-refractivity contribution >= 4 is 29.5 Å². The maximum absolute atomic E-state index is 10.9. The van der Waals surface area contributed by atoms with Crippen molar-refractivity contribution in [3.8, 4) is 11.5 Å². The van der Waals surface area contributed by atoms with Gasteiger partial charge in [0.05, 0.1) is 12.0 Å². The summed E-state index contributed by atoms with van der Waals surface area (Å²) in [4.78, 5) is 11.8. The molecule has 0 fully saturated rings. The van der Waals surface area contributed by atoms with Crippen molar-refractivity contribution in [2.24, 2.45) is 0 Å². The van der Waals surface area contributed by atoms with Crippen LogP contribution in [0.15, 0.2) is 52.9 Å². The van der Waals surface area contributed by atoms with E-state index >= 15 is 0 Å². The molecule has 1 unspecified atom stereocenters. The fourth-order valence-electron chi connectivity index (χ4n) is 2.54. The van der Waals surface area contributed by atoms with Crippen LogP contribution < -0.4 is 4.90 Å². The maximum Gasteiger partial charge on any atom is 0.292 e. The van der Waals surface area contributed by atoms with Gasteiger partial charge in [0.1, 0.15) is 6.54 Å². The number of halogens is 1. The first-order chi connectivity index (χ1) is 12.4. The Kier molecular flexibility index (Phi) is 5.46. The zero-order chi connectivity index (χ0) is 18.7. The Morgan fingerprint density at radius 3 is 2.73 bits per heavy atom. The van der Waals surface area contributed by atoms with Gasteiger partial charge in [-0.3, -0.25) is 10.1 Å². The molecule has 0 saturated heterocycles. The van der Waals surface area contributed by atoms with E-state index < -0.39 is 4.92 Å². The molecule has 0 spiro atoms. The molecule has 3 aromatic rings. The molecule has 7 nitrogen and oxygen atoms in total. The lowest BCUT2D eigenvalue weighted by Gasteiger charge is -2.13. The summed E-state index contributed by atoms with van der Waals surface area (Å²) in [6.45, 7) is 1.26. The first-order valence-corrected chi connectivity index (χ1v) is 8.59. The summed E-state index contributed by atoms with van der Waals surface area (Å²) in [5.74, 6) is 0.262. The van der Waals surface area contributed by atoms with Crippen molar-refractivity contribution in [1.82, 2.24) is 9.78 Å². The van der Waals surface area contributed by atoms with E-state index in [1.54, 1.807) is 16.8 Å². The highest BCUT2D eigenvalue weighted by molar-refractivity contribution is 7.71. The summed E-state index contributed by atoms with van der Waals surface area (Å²) in [5.41, 5.74) is 1.63. The van der Waals surface area contributed by atoms with Crippen LogP contribution in [-0.2, 0) is 13.2 Å². The molecular weight excluding hydrogens is 376 g/mol. The predicted octanol–water partition coefficient (Wildman–Crippen LogP) is 3.11. The fraction of sp³-hybridized carbons (Fsp3) is 0.176. The number of nitrogens with zero attached hydrogens (tertiary/aromatic N) is 3. The van der Waals surface area contributed by atoms with Gasteiger partial charge in [-0.15, -0.1) is 5.10 Å². The van der Waals surface area contributed by atoms with Crippen LogP contribution in [0.1, 0.15) is 5.56 Å². The Hall–Kier alpha value is -2.55. The van der Waals surface area contributed by atoms with Crippen molar-refractivity contribution in [1.29, 1.82) is 0 Å². The normalized spacial score (nSPS) is 12.1. The first kappa shape index (κ1) is 18.2. The molecule has 1 atom stereocenters. The topological polar surface area (TPSA) is 78.5 Å². The minimum atomic E-state index is -0.459. The fourth-order valence-corrected chi connectivity index (χ4v) is 2.85. The predicted molar refractivity (Wildman–Crippen MR) is 99.5 cm³/mol. The van der Waals surface area contributed by atoms with Crippen molar-refractivity contribution < 1.29 is 14.2 Å². The van der Waals surface area contributed by atoms with Crippen molar-refractivity contribution in [2.75, 3.05) is 7.05 Å². The van der Waals surface area contributed by atoms with Crippen LogP contribution in [0.2, 0.25) is 5.02 Å². The van der Waals surface area contributed by atoms with Crippen LogP contribution >= 0.6 is 23.8 Å². The number of aromatic nitrogens is 2. The molecule has 0 bridgehead atoms. The SMILES string of the molecule is C[NH+](Cc1ccc(Cl)cc1)Cn1nc(-c2cccc([N+](=O)[O-])c2)oc1=S. The maximum atomic E-state index is 10.9. The third-order valence-electron chi connectivity index (χ3n) is 3.75. The first-order valence-electron chi connectivity index (χ1n) is 7.81. The summed E-state index contributed by atoms with van der Waals surface area (Å²) < 4.78 is 7.09. The van der Waals surface area contributed by atoms with Gasteiger partial charge in [0.25, 0.3) is 10.5 Å². The van der Waals surface area contributed by atoms with Crippen LogP contribution in [0.25, 0.3) is 11.5 Å². The van der Waals surface area contributed by atoms with Gasteiger partial charge in [0.15, 0.2) is 6.67 Å². The van der Waals surface area contributed by atoms with Crippen LogP contribution in [0.5, 0.6) is 0 Å². The second-order valence-electron chi connectivity index (χ2n) is 5.90. The van der Waals surface area contributed by atoms with E-state index in [2.05, 4.69) is 5.10 Å². The van der Waals surface area contributed by atoms with Crippen LogP contribution in [0, 0.1) is 15.0 Å². The van der Waals surface area contributed by atoms with Gasteiger partial charge in [-0.05, 0) is 30.4 Å². The van der Waals surface area contributed by atoms with Gasteiger partial charge in [0.2, 0.25) is 5.89 Å². The van der Waals surface area contributed by atoms with Gasteiger partial charge in [-0.25, -0.2) is 0 Å². The summed E-state index contributed by atoms with van der Waals surface area (Å²) >= 11 is 11.1. The molecule has 9 heteroatoms. The van der Waals surface area contributed by atoms with Gasteiger partial charge < -0.3 is 9.32 Å². The minimum Gasteiger partial charge on any atom is -0.409 e. The second kappa shape index (κ2) is 7.77. The quantitative estimate of drug-likeness (QED) is 0.397. The Bertz CT molecular complexity index is 984. The van der Waals surface area contributed by atoms with Crippen LogP contribution in [-0.4, -0.2) is 21.8 Å². The highest BCUT2D eigenvalue weighted by Gasteiger charge is 2.14. The number of nitrogens with one attached hydrogen (secondary N) is 1. The molecule has 1 heterocycles. The number of benzene rings is 2. The summed E-state index contributed by atoms with van der Waals surface area (Å²) in [5, 5.41) is 16.0. The standard InChI is InChI=1S/C17H15ClN4O3S/c1-20(10-12-5-7-14(18)8-6-12)11-21-17(26)25-16(19-21)13-3-2-4-15(9-13)22(23)24/h2-9H,10-11H2,1H3/p+1. The molecule has 0 saturated carbocycles. The lowest BCUT2D eigenvalue weighted by Crippen LogP contribution is -3.07. The summed E-state index contributed by atoms with van der Waals surface area (Å²) in [6.07, 6.45) is 0. The molecule has 134 valence electrons. The lowest BCUT2D eigenvalue weighted by atomic mass is 10.2. The largest absolute Gasteiger partial charge is 0.409 e. The third kappa shape index (κ3) is 4.34. The summed E-state index contributed by atoms with van der Waals surface area (Å²) in [7, 11) is 2.01. The molecule has 0 aliphatic carbocycles. The number of nitro groups is 1. The minimum absolute atomic E-state index is 0.0244. The highest BCUT2D eigenvalue weighted by atomic mass is 35.5. The number of hydrogen-bond acceptors (Lipinski definition) is 5. The van der Waals surface area contributed by atoms with Crippen LogP contribution in [0.4, 0.5) is 5.69 Å². The second-order valence-corrected chi connectivity index (χ2v) is 6.68. The van der Waals surface area contributed by atoms with E-state index in [1.807, 2.05) is 31.3 Å². The van der Waals surface area contributed by atoms with E-state index in [-0.39, 0.29) is 16.4 Å². The van der Waals surface area contributed by atoms with Gasteiger partial charge in [-0.2, -0.15) is 4.68 Å². The molecule has 3 rings (SSSR count). The zero-order valence-corrected chi connectivity index (χ0v) is 15.5. The van der Waals surface area contributed by atoms with E-state index in [9.17, 15) is 10.1 Å². The number of rotatable bonds is 6. The van der Waals surface area contributed by atoms with E-state index in [1.165, 1.54) is 12.1 Å². The van der Waals surface area contributed by atoms with E-state index in [0.29, 0.717) is 17.3 Å². The van der Waals surface area contributed by atoms with E-state index in [4.69, 9.17) is 28.2 Å². The van der Waals surface area contributed by atoms with Crippen molar-refractivity contribution in [2.45, 2.75) is 13.2 Å². The van der Waals surface area contributed by atoms with Gasteiger partial charge in [-0.1, -0.05) is 29.8 Å². The van der Waals surface area contributed by atoms with Gasteiger partial charge in [0, 0.05) is 28.3 Å². The van der Waals surface area contributed by atoms with Gasteiger partial charge >= 0.3 is 0 Å². The molecule has 26 heavy (non-hydrogen) atoms. The number of hydrogen-bond donors (Lipinski definition) is 1. The lowest BCUT2D eigenvalue weighted by molar-refractivity contribution is -0.917. The molecule has 1 N–H and O–H groups in total. The molecule has 0 aliphatic heterocycles. The molecular formula is C17H16ClN4O3S+. The van der Waals surface area contributed by atoms with Crippen molar-refractivity contribution in [3.63, 3.8) is 0 Å². The average Bonchev–Trinajstić information content (AvgIpc) is 2.97. The Morgan fingerprint density at radius 2 is 2.04 bits per heavy atom. The highest BCUT2D eigenvalue weighted by Crippen LogP contribution is 2.22. The Balaban J connectivity index is 1.75. The number of nitro benzene ring substituents is 1. The van der Waals surface area contributed by atoms with Crippen LogP contribution in [0.3, 0.4) is 0 Å². The third-order valence-corrected chi connectivity index (χ3v) is 4.30. The summed E-state index contributed by atoms with van der Waals surface area (Å²) in [6, 6.07) is 13.8.